The Labute approximate surface area is 128 Å². The molecule has 0 amide bonds. The number of nitrogens with one attached hydrogen (secondary N) is 2. The minimum atomic E-state index is -3.61. The summed E-state index contributed by atoms with van der Waals surface area (Å²) in [5.41, 5.74) is 0. The van der Waals surface area contributed by atoms with Crippen LogP contribution >= 0.6 is 38.9 Å². The number of nitrogens with zero attached hydrogens (tertiary/aromatic N) is 1. The second-order valence-electron chi connectivity index (χ2n) is 3.74. The third kappa shape index (κ3) is 3.38. The largest absolute Gasteiger partial charge is 0.347 e. The Hall–Kier alpha value is -0.410. The Morgan fingerprint density at radius 2 is 2.37 bits per heavy atom. The first-order chi connectivity index (χ1) is 8.94. The molecule has 2 heterocycles. The Kier molecular flexibility index (Phi) is 4.67. The number of hydrogen-bond acceptors (Lipinski definition) is 4. The summed E-state index contributed by atoms with van der Waals surface area (Å²) in [4.78, 5) is 6.98. The first-order valence-electron chi connectivity index (χ1n) is 5.40. The molecule has 5 nitrogen and oxygen atoms in total. The highest BCUT2D eigenvalue weighted by Crippen LogP contribution is 2.35. The summed E-state index contributed by atoms with van der Waals surface area (Å²) in [7, 11) is -3.61. The molecule has 0 bridgehead atoms. The lowest BCUT2D eigenvalue weighted by atomic mass is 10.2. The quantitative estimate of drug-likeness (QED) is 0.830. The van der Waals surface area contributed by atoms with E-state index in [1.807, 2.05) is 6.92 Å². The second-order valence-corrected chi connectivity index (χ2v) is 8.46. The van der Waals surface area contributed by atoms with E-state index < -0.39 is 10.0 Å². The molecule has 0 saturated heterocycles. The van der Waals surface area contributed by atoms with Crippen molar-refractivity contribution < 1.29 is 8.42 Å². The number of aromatic amines is 1. The van der Waals surface area contributed by atoms with E-state index in [1.54, 1.807) is 12.4 Å². The van der Waals surface area contributed by atoms with Gasteiger partial charge in [-0.1, -0.05) is 18.5 Å². The maximum absolute atomic E-state index is 12.2. The van der Waals surface area contributed by atoms with Crippen molar-refractivity contribution in [3.05, 3.63) is 33.1 Å². The van der Waals surface area contributed by atoms with Gasteiger partial charge in [-0.2, -0.15) is 4.72 Å². The van der Waals surface area contributed by atoms with Crippen LogP contribution < -0.4 is 4.72 Å². The highest BCUT2D eigenvalue weighted by molar-refractivity contribution is 9.11. The average Bonchev–Trinajstić information content (AvgIpc) is 2.98. The highest BCUT2D eigenvalue weighted by Gasteiger charge is 2.24. The maximum atomic E-state index is 12.2. The van der Waals surface area contributed by atoms with Crippen LogP contribution in [0.5, 0.6) is 0 Å². The van der Waals surface area contributed by atoms with Crippen LogP contribution in [0.15, 0.2) is 26.5 Å². The molecule has 2 aromatic rings. The summed E-state index contributed by atoms with van der Waals surface area (Å²) < 4.78 is 27.9. The molecule has 0 aliphatic heterocycles. The number of sulfonamides is 1. The monoisotopic (exact) mass is 383 g/mol. The number of thiophene rings is 1. The summed E-state index contributed by atoms with van der Waals surface area (Å²) in [5.74, 6) is 0.591. The van der Waals surface area contributed by atoms with Gasteiger partial charge in [-0.15, -0.1) is 11.3 Å². The molecule has 2 rings (SSSR count). The van der Waals surface area contributed by atoms with E-state index >= 15 is 0 Å². The first kappa shape index (κ1) is 15.0. The van der Waals surface area contributed by atoms with Crippen molar-refractivity contribution in [3.63, 3.8) is 0 Å². The molecular weight excluding hydrogens is 374 g/mol. The molecule has 2 N–H and O–H groups in total. The Balaban J connectivity index is 2.25. The molecule has 0 aromatic carbocycles. The predicted octanol–water partition coefficient (Wildman–Crippen LogP) is 3.32. The van der Waals surface area contributed by atoms with E-state index in [1.165, 1.54) is 6.07 Å². The molecule has 9 heteroatoms. The van der Waals surface area contributed by atoms with E-state index in [2.05, 4.69) is 30.6 Å². The van der Waals surface area contributed by atoms with Gasteiger partial charge in [0.05, 0.1) is 14.9 Å². The van der Waals surface area contributed by atoms with Crippen molar-refractivity contribution in [2.24, 2.45) is 0 Å². The van der Waals surface area contributed by atoms with Crippen LogP contribution in [0.2, 0.25) is 5.02 Å². The van der Waals surface area contributed by atoms with Gasteiger partial charge in [0.1, 0.15) is 10.0 Å². The van der Waals surface area contributed by atoms with Crippen LogP contribution in [0.1, 0.15) is 25.2 Å². The van der Waals surface area contributed by atoms with Crippen molar-refractivity contribution in [1.82, 2.24) is 14.7 Å². The van der Waals surface area contributed by atoms with Gasteiger partial charge in [0.15, 0.2) is 0 Å². The molecular formula is C10H11BrClN3O2S2. The second kappa shape index (κ2) is 5.92. The fourth-order valence-corrected chi connectivity index (χ4v) is 5.20. The van der Waals surface area contributed by atoms with Gasteiger partial charge in [-0.3, -0.25) is 0 Å². The number of H-pyrrole nitrogens is 1. The zero-order valence-corrected chi connectivity index (χ0v) is 13.8. The molecule has 2 aromatic heterocycles. The molecule has 1 unspecified atom stereocenters. The van der Waals surface area contributed by atoms with Crippen LogP contribution in [-0.2, 0) is 10.0 Å². The van der Waals surface area contributed by atoms with E-state index in [-0.39, 0.29) is 10.3 Å². The normalized spacial score (nSPS) is 13.6. The summed E-state index contributed by atoms with van der Waals surface area (Å²) in [6.07, 6.45) is 3.84. The van der Waals surface area contributed by atoms with Crippen molar-refractivity contribution in [2.75, 3.05) is 0 Å². The van der Waals surface area contributed by atoms with Gasteiger partial charge in [-0.25, -0.2) is 13.4 Å². The summed E-state index contributed by atoms with van der Waals surface area (Å²) in [5, 5.41) is 0.386. The lowest BCUT2D eigenvalue weighted by Crippen LogP contribution is -2.28. The molecule has 1 atom stereocenters. The van der Waals surface area contributed by atoms with Gasteiger partial charge >= 0.3 is 0 Å². The van der Waals surface area contributed by atoms with E-state index in [0.717, 1.165) is 11.3 Å². The van der Waals surface area contributed by atoms with Crippen LogP contribution in [0.4, 0.5) is 0 Å². The molecule has 0 aliphatic carbocycles. The molecule has 0 saturated carbocycles. The maximum Gasteiger partial charge on any atom is 0.250 e. The summed E-state index contributed by atoms with van der Waals surface area (Å²) in [6, 6.07) is 1.03. The predicted molar refractivity (Wildman–Crippen MR) is 79.0 cm³/mol. The number of hydrogen-bond donors (Lipinski definition) is 2. The van der Waals surface area contributed by atoms with Crippen molar-refractivity contribution in [2.45, 2.75) is 23.6 Å². The number of halogens is 2. The topological polar surface area (TPSA) is 74.8 Å². The van der Waals surface area contributed by atoms with Crippen LogP contribution in [0.3, 0.4) is 0 Å². The first-order valence-corrected chi connectivity index (χ1v) is 8.87. The third-order valence-electron chi connectivity index (χ3n) is 2.44. The Morgan fingerprint density at radius 3 is 2.84 bits per heavy atom. The third-order valence-corrected chi connectivity index (χ3v) is 6.86. The van der Waals surface area contributed by atoms with E-state index in [9.17, 15) is 8.42 Å². The Morgan fingerprint density at radius 1 is 1.63 bits per heavy atom. The van der Waals surface area contributed by atoms with Gasteiger partial charge in [0.2, 0.25) is 0 Å². The van der Waals surface area contributed by atoms with Gasteiger partial charge < -0.3 is 4.98 Å². The lowest BCUT2D eigenvalue weighted by Gasteiger charge is -2.13. The summed E-state index contributed by atoms with van der Waals surface area (Å²) in [6.45, 7) is 1.88. The molecule has 0 fully saturated rings. The smallest absolute Gasteiger partial charge is 0.250 e. The Bertz CT molecular complexity index is 635. The molecule has 104 valence electrons. The molecule has 19 heavy (non-hydrogen) atoms. The highest BCUT2D eigenvalue weighted by atomic mass is 79.9. The fourth-order valence-electron chi connectivity index (χ4n) is 1.51. The average molecular weight is 385 g/mol. The summed E-state index contributed by atoms with van der Waals surface area (Å²) >= 11 is 10.1. The minimum absolute atomic E-state index is 0.175. The molecule has 0 radical (unpaired) electrons. The van der Waals surface area contributed by atoms with Gasteiger partial charge in [-0.05, 0) is 28.4 Å². The van der Waals surface area contributed by atoms with Crippen molar-refractivity contribution in [3.8, 4) is 0 Å². The van der Waals surface area contributed by atoms with Crippen LogP contribution in [0, 0.1) is 0 Å². The van der Waals surface area contributed by atoms with Crippen molar-refractivity contribution in [1.29, 1.82) is 0 Å². The van der Waals surface area contributed by atoms with Crippen LogP contribution in [0.25, 0.3) is 0 Å². The lowest BCUT2D eigenvalue weighted by molar-refractivity contribution is 0.541. The molecule has 0 aliphatic rings. The fraction of sp³-hybridized carbons (Fsp3) is 0.300. The minimum Gasteiger partial charge on any atom is -0.347 e. The standard InChI is InChI=1S/C10H11BrClN3O2S2/c1-2-7(10-13-3-4-14-10)15-19(16,17)8-5-6(12)9(11)18-8/h3-5,7,15H,2H2,1H3,(H,13,14). The van der Waals surface area contributed by atoms with Gasteiger partial charge in [0.25, 0.3) is 10.0 Å². The zero-order chi connectivity index (χ0) is 14.0. The zero-order valence-electron chi connectivity index (χ0n) is 9.85. The molecule has 0 spiro atoms. The van der Waals surface area contributed by atoms with Crippen LogP contribution in [-0.4, -0.2) is 18.4 Å². The SMILES string of the molecule is CCC(NS(=O)(=O)c1cc(Cl)c(Br)s1)c1ncc[nH]1. The van der Waals surface area contributed by atoms with Gasteiger partial charge in [0, 0.05) is 12.4 Å². The van der Waals surface area contributed by atoms with Crippen molar-refractivity contribution >= 4 is 48.9 Å². The van der Waals surface area contributed by atoms with E-state index in [4.69, 9.17) is 11.6 Å². The number of imidazole rings is 1. The number of aromatic nitrogens is 2. The number of rotatable bonds is 5. The van der Waals surface area contributed by atoms with E-state index in [0.29, 0.717) is 21.1 Å².